The maximum absolute atomic E-state index is 10.6. The van der Waals surface area contributed by atoms with Crippen molar-refractivity contribution in [2.24, 2.45) is 5.73 Å². The molecule has 0 aliphatic heterocycles. The summed E-state index contributed by atoms with van der Waals surface area (Å²) in [5, 5.41) is 4.19. The average molecular weight is 231 g/mol. The van der Waals surface area contributed by atoms with Gasteiger partial charge in [-0.05, 0) is 24.6 Å². The highest BCUT2D eigenvalue weighted by atomic mass is 16.5. The first-order chi connectivity index (χ1) is 8.15. The monoisotopic (exact) mass is 231 g/mol. The smallest absolute Gasteiger partial charge is 0.255 e. The van der Waals surface area contributed by atoms with Crippen molar-refractivity contribution in [2.75, 3.05) is 6.61 Å². The van der Waals surface area contributed by atoms with Crippen molar-refractivity contribution in [1.82, 2.24) is 9.78 Å². The van der Waals surface area contributed by atoms with E-state index in [1.165, 1.54) is 0 Å². The van der Waals surface area contributed by atoms with Gasteiger partial charge in [-0.3, -0.25) is 4.79 Å². The zero-order valence-corrected chi connectivity index (χ0v) is 9.46. The standard InChI is InChI=1S/C12H13N3O2/c1-9-6-14-15(7-9)10-3-2-4-11(5-10)17-8-12(13)16/h2-7H,8H2,1H3,(H2,13,16). The number of nitrogens with zero attached hydrogens (tertiary/aromatic N) is 2. The van der Waals surface area contributed by atoms with Crippen LogP contribution in [0.15, 0.2) is 36.7 Å². The van der Waals surface area contributed by atoms with E-state index in [9.17, 15) is 4.79 Å². The van der Waals surface area contributed by atoms with Crippen molar-refractivity contribution in [3.05, 3.63) is 42.2 Å². The van der Waals surface area contributed by atoms with Crippen LogP contribution < -0.4 is 10.5 Å². The van der Waals surface area contributed by atoms with Gasteiger partial charge >= 0.3 is 0 Å². The van der Waals surface area contributed by atoms with Crippen molar-refractivity contribution < 1.29 is 9.53 Å². The highest BCUT2D eigenvalue weighted by Crippen LogP contribution is 2.16. The van der Waals surface area contributed by atoms with Gasteiger partial charge < -0.3 is 10.5 Å². The Balaban J connectivity index is 2.19. The van der Waals surface area contributed by atoms with E-state index in [2.05, 4.69) is 5.10 Å². The molecule has 0 fully saturated rings. The minimum Gasteiger partial charge on any atom is -0.484 e. The second-order valence-corrected chi connectivity index (χ2v) is 3.71. The molecule has 0 aliphatic carbocycles. The summed E-state index contributed by atoms with van der Waals surface area (Å²) in [6.07, 6.45) is 3.68. The third kappa shape index (κ3) is 2.84. The second-order valence-electron chi connectivity index (χ2n) is 3.71. The van der Waals surface area contributed by atoms with Gasteiger partial charge in [0.25, 0.3) is 5.91 Å². The van der Waals surface area contributed by atoms with E-state index >= 15 is 0 Å². The van der Waals surface area contributed by atoms with Gasteiger partial charge in [0.15, 0.2) is 6.61 Å². The summed E-state index contributed by atoms with van der Waals surface area (Å²) in [6.45, 7) is 1.85. The van der Waals surface area contributed by atoms with E-state index < -0.39 is 5.91 Å². The number of rotatable bonds is 4. The predicted molar refractivity (Wildman–Crippen MR) is 63.0 cm³/mol. The number of hydrogen-bond acceptors (Lipinski definition) is 3. The van der Waals surface area contributed by atoms with E-state index in [-0.39, 0.29) is 6.61 Å². The number of nitrogens with two attached hydrogens (primary N) is 1. The zero-order valence-electron chi connectivity index (χ0n) is 9.46. The molecule has 2 N–H and O–H groups in total. The average Bonchev–Trinajstić information content (AvgIpc) is 2.74. The van der Waals surface area contributed by atoms with Crippen LogP contribution in [0.3, 0.4) is 0 Å². The second kappa shape index (κ2) is 4.69. The molecule has 1 aromatic heterocycles. The molecule has 0 atom stereocenters. The summed E-state index contributed by atoms with van der Waals surface area (Å²) < 4.78 is 6.96. The summed E-state index contributed by atoms with van der Waals surface area (Å²) in [5.74, 6) is 0.0970. The van der Waals surface area contributed by atoms with E-state index in [4.69, 9.17) is 10.5 Å². The largest absolute Gasteiger partial charge is 0.484 e. The number of benzene rings is 1. The number of carbonyl (C=O) groups excluding carboxylic acids is 1. The van der Waals surface area contributed by atoms with E-state index in [0.717, 1.165) is 11.3 Å². The quantitative estimate of drug-likeness (QED) is 0.854. The molecule has 2 rings (SSSR count). The molecule has 1 amide bonds. The summed E-state index contributed by atoms with van der Waals surface area (Å²) in [6, 6.07) is 7.31. The number of hydrogen-bond donors (Lipinski definition) is 1. The van der Waals surface area contributed by atoms with Crippen LogP contribution in [-0.2, 0) is 4.79 Å². The van der Waals surface area contributed by atoms with Crippen LogP contribution in [0.4, 0.5) is 0 Å². The van der Waals surface area contributed by atoms with Crippen LogP contribution in [0.2, 0.25) is 0 Å². The molecule has 0 aliphatic rings. The van der Waals surface area contributed by atoms with Gasteiger partial charge in [-0.1, -0.05) is 6.07 Å². The molecule has 5 nitrogen and oxygen atoms in total. The molecule has 5 heteroatoms. The van der Waals surface area contributed by atoms with Gasteiger partial charge in [0.2, 0.25) is 0 Å². The van der Waals surface area contributed by atoms with Gasteiger partial charge in [0, 0.05) is 12.3 Å². The van der Waals surface area contributed by atoms with Crippen LogP contribution >= 0.6 is 0 Å². The van der Waals surface area contributed by atoms with E-state index in [0.29, 0.717) is 5.75 Å². The lowest BCUT2D eigenvalue weighted by Crippen LogP contribution is -2.20. The lowest BCUT2D eigenvalue weighted by molar-refractivity contribution is -0.119. The first-order valence-electron chi connectivity index (χ1n) is 5.18. The first-order valence-corrected chi connectivity index (χ1v) is 5.18. The van der Waals surface area contributed by atoms with Crippen molar-refractivity contribution in [2.45, 2.75) is 6.92 Å². The number of amides is 1. The predicted octanol–water partition coefficient (Wildman–Crippen LogP) is 1.04. The Hall–Kier alpha value is -2.30. The van der Waals surface area contributed by atoms with Gasteiger partial charge in [-0.25, -0.2) is 4.68 Å². The molecular formula is C12H13N3O2. The maximum Gasteiger partial charge on any atom is 0.255 e. The fraction of sp³-hybridized carbons (Fsp3) is 0.167. The van der Waals surface area contributed by atoms with Crippen LogP contribution in [-0.4, -0.2) is 22.3 Å². The van der Waals surface area contributed by atoms with Crippen LogP contribution in [0, 0.1) is 6.92 Å². The molecule has 2 aromatic rings. The Bertz CT molecular complexity index is 534. The van der Waals surface area contributed by atoms with Crippen LogP contribution in [0.1, 0.15) is 5.56 Å². The molecule has 17 heavy (non-hydrogen) atoms. The number of aromatic nitrogens is 2. The summed E-state index contributed by atoms with van der Waals surface area (Å²) in [5.41, 5.74) is 6.96. The minimum atomic E-state index is -0.495. The van der Waals surface area contributed by atoms with Crippen molar-refractivity contribution in [3.63, 3.8) is 0 Å². The lowest BCUT2D eigenvalue weighted by Gasteiger charge is -2.06. The minimum absolute atomic E-state index is 0.123. The first kappa shape index (κ1) is 11.2. The molecule has 1 aromatic carbocycles. The molecule has 0 spiro atoms. The lowest BCUT2D eigenvalue weighted by atomic mass is 10.3. The highest BCUT2D eigenvalue weighted by Gasteiger charge is 2.01. The maximum atomic E-state index is 10.6. The van der Waals surface area contributed by atoms with Gasteiger partial charge in [0.05, 0.1) is 11.9 Å². The number of aryl methyl sites for hydroxylation is 1. The Morgan fingerprint density at radius 3 is 3.00 bits per heavy atom. The number of primary amides is 1. The summed E-state index contributed by atoms with van der Waals surface area (Å²) >= 11 is 0. The Morgan fingerprint density at radius 1 is 1.53 bits per heavy atom. The Kier molecular flexibility index (Phi) is 3.09. The van der Waals surface area contributed by atoms with E-state index in [1.54, 1.807) is 23.0 Å². The molecule has 1 heterocycles. The van der Waals surface area contributed by atoms with Crippen molar-refractivity contribution in [3.8, 4) is 11.4 Å². The normalized spacial score (nSPS) is 10.2. The molecule has 0 unspecified atom stereocenters. The molecule has 0 saturated heterocycles. The van der Waals surface area contributed by atoms with Gasteiger partial charge in [-0.15, -0.1) is 0 Å². The molecule has 0 saturated carbocycles. The molecular weight excluding hydrogens is 218 g/mol. The summed E-state index contributed by atoms with van der Waals surface area (Å²) in [7, 11) is 0. The Labute approximate surface area is 98.8 Å². The Morgan fingerprint density at radius 2 is 2.35 bits per heavy atom. The third-order valence-corrected chi connectivity index (χ3v) is 2.17. The number of carbonyl (C=O) groups is 1. The highest BCUT2D eigenvalue weighted by molar-refractivity contribution is 5.75. The van der Waals surface area contributed by atoms with Gasteiger partial charge in [0.1, 0.15) is 5.75 Å². The fourth-order valence-corrected chi connectivity index (χ4v) is 1.42. The van der Waals surface area contributed by atoms with E-state index in [1.807, 2.05) is 25.3 Å². The van der Waals surface area contributed by atoms with Crippen molar-refractivity contribution in [1.29, 1.82) is 0 Å². The molecule has 0 bridgehead atoms. The third-order valence-electron chi connectivity index (χ3n) is 2.17. The SMILES string of the molecule is Cc1cnn(-c2cccc(OCC(N)=O)c2)c1. The zero-order chi connectivity index (χ0) is 12.3. The topological polar surface area (TPSA) is 70.1 Å². The fourth-order valence-electron chi connectivity index (χ4n) is 1.42. The van der Waals surface area contributed by atoms with Crippen LogP contribution in [0.25, 0.3) is 5.69 Å². The number of ether oxygens (including phenoxy) is 1. The summed E-state index contributed by atoms with van der Waals surface area (Å²) in [4.78, 5) is 10.6. The van der Waals surface area contributed by atoms with Crippen molar-refractivity contribution >= 4 is 5.91 Å². The molecule has 88 valence electrons. The molecule has 0 radical (unpaired) electrons. The van der Waals surface area contributed by atoms with Crippen LogP contribution in [0.5, 0.6) is 5.75 Å². The van der Waals surface area contributed by atoms with Gasteiger partial charge in [-0.2, -0.15) is 5.10 Å².